The zero-order chi connectivity index (χ0) is 15.1. The van der Waals surface area contributed by atoms with E-state index in [1.165, 1.54) is 21.7 Å². The van der Waals surface area contributed by atoms with Crippen LogP contribution < -0.4 is 0 Å². The molecular formula is C20H14BrN. The number of aryl methyl sites for hydroxylation is 1. The molecule has 2 heteroatoms. The Morgan fingerprint density at radius 1 is 0.818 bits per heavy atom. The van der Waals surface area contributed by atoms with Crippen LogP contribution in [-0.2, 0) is 0 Å². The van der Waals surface area contributed by atoms with E-state index in [2.05, 4.69) is 89.6 Å². The molecule has 4 aromatic rings. The summed E-state index contributed by atoms with van der Waals surface area (Å²) in [6, 6.07) is 23.3. The number of pyridine rings is 1. The fourth-order valence-corrected chi connectivity index (χ4v) is 3.19. The molecule has 0 saturated carbocycles. The SMILES string of the molecule is Cc1cc2c(ccc3ccccc32)nc1-c1ccc(Br)cc1. The van der Waals surface area contributed by atoms with Crippen LogP contribution in [0, 0.1) is 6.92 Å². The highest BCUT2D eigenvalue weighted by Crippen LogP contribution is 2.30. The summed E-state index contributed by atoms with van der Waals surface area (Å²) in [7, 11) is 0. The van der Waals surface area contributed by atoms with Gasteiger partial charge in [0.2, 0.25) is 0 Å². The molecule has 0 saturated heterocycles. The van der Waals surface area contributed by atoms with Crippen molar-refractivity contribution in [3.8, 4) is 11.3 Å². The van der Waals surface area contributed by atoms with Gasteiger partial charge in [0.1, 0.15) is 0 Å². The topological polar surface area (TPSA) is 12.9 Å². The lowest BCUT2D eigenvalue weighted by Gasteiger charge is -2.10. The molecule has 1 aromatic heterocycles. The van der Waals surface area contributed by atoms with Gasteiger partial charge in [0.25, 0.3) is 0 Å². The summed E-state index contributed by atoms with van der Waals surface area (Å²) in [6.45, 7) is 2.13. The van der Waals surface area contributed by atoms with E-state index in [1.807, 2.05) is 0 Å². The molecule has 0 atom stereocenters. The van der Waals surface area contributed by atoms with Crippen LogP contribution in [0.3, 0.4) is 0 Å². The molecule has 0 unspecified atom stereocenters. The second-order valence-electron chi connectivity index (χ2n) is 5.51. The predicted molar refractivity (Wildman–Crippen MR) is 97.1 cm³/mol. The van der Waals surface area contributed by atoms with Crippen LogP contribution in [0.5, 0.6) is 0 Å². The van der Waals surface area contributed by atoms with Crippen molar-refractivity contribution in [2.75, 3.05) is 0 Å². The first-order chi connectivity index (χ1) is 10.7. The van der Waals surface area contributed by atoms with Gasteiger partial charge in [0.15, 0.2) is 0 Å². The summed E-state index contributed by atoms with van der Waals surface area (Å²) in [5.41, 5.74) is 4.44. The summed E-state index contributed by atoms with van der Waals surface area (Å²) in [4.78, 5) is 4.91. The highest BCUT2D eigenvalue weighted by molar-refractivity contribution is 9.10. The van der Waals surface area contributed by atoms with Gasteiger partial charge < -0.3 is 0 Å². The zero-order valence-corrected chi connectivity index (χ0v) is 13.8. The summed E-state index contributed by atoms with van der Waals surface area (Å²) >= 11 is 3.48. The summed E-state index contributed by atoms with van der Waals surface area (Å²) in [5, 5.41) is 3.74. The molecule has 0 amide bonds. The second kappa shape index (κ2) is 5.22. The lowest BCUT2D eigenvalue weighted by molar-refractivity contribution is 1.33. The average molecular weight is 348 g/mol. The number of hydrogen-bond acceptors (Lipinski definition) is 1. The van der Waals surface area contributed by atoms with E-state index in [-0.39, 0.29) is 0 Å². The summed E-state index contributed by atoms with van der Waals surface area (Å²) < 4.78 is 1.08. The smallest absolute Gasteiger partial charge is 0.0738 e. The van der Waals surface area contributed by atoms with Crippen LogP contribution in [-0.4, -0.2) is 4.98 Å². The number of rotatable bonds is 1. The van der Waals surface area contributed by atoms with Gasteiger partial charge >= 0.3 is 0 Å². The van der Waals surface area contributed by atoms with Crippen molar-refractivity contribution < 1.29 is 0 Å². The molecule has 0 aliphatic rings. The van der Waals surface area contributed by atoms with Crippen LogP contribution in [0.25, 0.3) is 32.9 Å². The number of hydrogen-bond donors (Lipinski definition) is 0. The molecule has 0 aliphatic heterocycles. The molecule has 1 heterocycles. The maximum absolute atomic E-state index is 4.91. The number of aromatic nitrogens is 1. The van der Waals surface area contributed by atoms with Crippen LogP contribution in [0.2, 0.25) is 0 Å². The Balaban J connectivity index is 2.00. The van der Waals surface area contributed by atoms with Crippen molar-refractivity contribution in [1.82, 2.24) is 4.98 Å². The molecule has 4 rings (SSSR count). The van der Waals surface area contributed by atoms with Crippen LogP contribution in [0.4, 0.5) is 0 Å². The molecule has 0 bridgehead atoms. The largest absolute Gasteiger partial charge is 0.247 e. The quantitative estimate of drug-likeness (QED) is 0.377. The minimum atomic E-state index is 1.04. The fraction of sp³-hybridized carbons (Fsp3) is 0.0500. The monoisotopic (exact) mass is 347 g/mol. The Kier molecular flexibility index (Phi) is 3.20. The third-order valence-corrected chi connectivity index (χ3v) is 4.56. The van der Waals surface area contributed by atoms with Crippen molar-refractivity contribution in [2.24, 2.45) is 0 Å². The number of benzene rings is 3. The Morgan fingerprint density at radius 2 is 1.59 bits per heavy atom. The van der Waals surface area contributed by atoms with E-state index < -0.39 is 0 Å². The van der Waals surface area contributed by atoms with Crippen molar-refractivity contribution in [1.29, 1.82) is 0 Å². The lowest BCUT2D eigenvalue weighted by Crippen LogP contribution is -1.91. The number of nitrogens with zero attached hydrogens (tertiary/aromatic N) is 1. The van der Waals surface area contributed by atoms with E-state index in [9.17, 15) is 0 Å². The Bertz CT molecular complexity index is 988. The van der Waals surface area contributed by atoms with Gasteiger partial charge in [0, 0.05) is 15.4 Å². The zero-order valence-electron chi connectivity index (χ0n) is 12.2. The average Bonchev–Trinajstić information content (AvgIpc) is 2.55. The normalized spacial score (nSPS) is 11.2. The highest BCUT2D eigenvalue weighted by Gasteiger charge is 2.08. The fourth-order valence-electron chi connectivity index (χ4n) is 2.93. The van der Waals surface area contributed by atoms with Gasteiger partial charge in [-0.2, -0.15) is 0 Å². The van der Waals surface area contributed by atoms with Crippen molar-refractivity contribution in [2.45, 2.75) is 6.92 Å². The minimum Gasteiger partial charge on any atom is -0.247 e. The highest BCUT2D eigenvalue weighted by atomic mass is 79.9. The van der Waals surface area contributed by atoms with Gasteiger partial charge in [-0.1, -0.05) is 58.4 Å². The molecule has 3 aromatic carbocycles. The van der Waals surface area contributed by atoms with E-state index >= 15 is 0 Å². The summed E-state index contributed by atoms with van der Waals surface area (Å²) in [5.74, 6) is 0. The first kappa shape index (κ1) is 13.5. The maximum atomic E-state index is 4.91. The van der Waals surface area contributed by atoms with Gasteiger partial charge in [-0.3, -0.25) is 0 Å². The molecule has 106 valence electrons. The molecule has 0 radical (unpaired) electrons. The van der Waals surface area contributed by atoms with Crippen LogP contribution in [0.15, 0.2) is 71.2 Å². The predicted octanol–water partition coefficient (Wildman–Crippen LogP) is 6.13. The molecule has 1 nitrogen and oxygen atoms in total. The van der Waals surface area contributed by atoms with Crippen molar-refractivity contribution >= 4 is 37.6 Å². The Labute approximate surface area is 137 Å². The number of halogens is 1. The maximum Gasteiger partial charge on any atom is 0.0738 e. The van der Waals surface area contributed by atoms with Gasteiger partial charge in [-0.15, -0.1) is 0 Å². The molecule has 0 N–H and O–H groups in total. The van der Waals surface area contributed by atoms with Crippen LogP contribution >= 0.6 is 15.9 Å². The molecule has 22 heavy (non-hydrogen) atoms. The Hall–Kier alpha value is -2.19. The van der Waals surface area contributed by atoms with Gasteiger partial charge in [-0.25, -0.2) is 4.98 Å². The first-order valence-corrected chi connectivity index (χ1v) is 8.07. The molecule has 0 aliphatic carbocycles. The van der Waals surface area contributed by atoms with Gasteiger partial charge in [0.05, 0.1) is 11.2 Å². The minimum absolute atomic E-state index is 1.04. The Morgan fingerprint density at radius 3 is 2.41 bits per heavy atom. The summed E-state index contributed by atoms with van der Waals surface area (Å²) in [6.07, 6.45) is 0. The van der Waals surface area contributed by atoms with E-state index in [0.717, 1.165) is 21.2 Å². The van der Waals surface area contributed by atoms with Gasteiger partial charge in [-0.05, 0) is 47.5 Å². The van der Waals surface area contributed by atoms with E-state index in [0.29, 0.717) is 0 Å². The van der Waals surface area contributed by atoms with Crippen molar-refractivity contribution in [3.05, 3.63) is 76.8 Å². The first-order valence-electron chi connectivity index (χ1n) is 7.27. The molecule has 0 spiro atoms. The van der Waals surface area contributed by atoms with E-state index in [4.69, 9.17) is 4.98 Å². The van der Waals surface area contributed by atoms with Crippen LogP contribution in [0.1, 0.15) is 5.56 Å². The molecule has 0 fully saturated rings. The van der Waals surface area contributed by atoms with E-state index in [1.54, 1.807) is 0 Å². The standard InChI is InChI=1S/C20H14BrN/c1-13-12-18-17-5-3-2-4-14(17)8-11-19(18)22-20(13)15-6-9-16(21)10-7-15/h2-12H,1H3. The van der Waals surface area contributed by atoms with Crippen molar-refractivity contribution in [3.63, 3.8) is 0 Å². The molecular weight excluding hydrogens is 334 g/mol. The lowest BCUT2D eigenvalue weighted by atomic mass is 10.0. The second-order valence-corrected chi connectivity index (χ2v) is 6.43. The third kappa shape index (κ3) is 2.20. The third-order valence-electron chi connectivity index (χ3n) is 4.03. The number of fused-ring (bicyclic) bond motifs is 3.